The van der Waals surface area contributed by atoms with Crippen molar-refractivity contribution in [2.24, 2.45) is 0 Å². The molecule has 0 aromatic carbocycles. The summed E-state index contributed by atoms with van der Waals surface area (Å²) in [4.78, 5) is 4.31. The van der Waals surface area contributed by atoms with Crippen molar-refractivity contribution < 1.29 is 4.21 Å². The molecule has 1 aromatic rings. The van der Waals surface area contributed by atoms with Crippen LogP contribution in [0.1, 0.15) is 18.5 Å². The quantitative estimate of drug-likeness (QED) is 0.926. The van der Waals surface area contributed by atoms with Crippen molar-refractivity contribution in [3.8, 4) is 0 Å². The Morgan fingerprint density at radius 1 is 1.44 bits per heavy atom. The van der Waals surface area contributed by atoms with Gasteiger partial charge in [0.1, 0.15) is 0 Å². The summed E-state index contributed by atoms with van der Waals surface area (Å²) in [5, 5.41) is 3.47. The first-order chi connectivity index (χ1) is 7.74. The summed E-state index contributed by atoms with van der Waals surface area (Å²) in [6.45, 7) is 0.796. The van der Waals surface area contributed by atoms with Gasteiger partial charge in [0.05, 0.1) is 5.69 Å². The summed E-state index contributed by atoms with van der Waals surface area (Å²) < 4.78 is 12.2. The summed E-state index contributed by atoms with van der Waals surface area (Å²) in [5.74, 6) is 1.68. The molecule has 5 heteroatoms. The van der Waals surface area contributed by atoms with Crippen LogP contribution < -0.4 is 5.32 Å². The zero-order chi connectivity index (χ0) is 11.4. The summed E-state index contributed by atoms with van der Waals surface area (Å²) in [7, 11) is -0.574. The molecular weight excluding hydrogens is 288 g/mol. The Balaban J connectivity index is 1.79. The van der Waals surface area contributed by atoms with Crippen LogP contribution in [0.15, 0.2) is 22.8 Å². The summed E-state index contributed by atoms with van der Waals surface area (Å²) in [6.07, 6.45) is 3.85. The largest absolute Gasteiger partial charge is 0.308 e. The summed E-state index contributed by atoms with van der Waals surface area (Å²) >= 11 is 3.36. The van der Waals surface area contributed by atoms with Crippen molar-refractivity contribution in [1.29, 1.82) is 0 Å². The molecule has 88 valence electrons. The lowest BCUT2D eigenvalue weighted by Gasteiger charge is -2.22. The highest BCUT2D eigenvalue weighted by Gasteiger charge is 2.16. The van der Waals surface area contributed by atoms with Crippen LogP contribution in [-0.4, -0.2) is 26.7 Å². The molecule has 2 heterocycles. The maximum atomic E-state index is 11.2. The van der Waals surface area contributed by atoms with Crippen LogP contribution in [0.2, 0.25) is 0 Å². The van der Waals surface area contributed by atoms with E-state index in [-0.39, 0.29) is 0 Å². The minimum absolute atomic E-state index is 0.503. The SMILES string of the molecule is O=S1CCC(NCc2ccc(Br)cn2)CC1. The van der Waals surface area contributed by atoms with Gasteiger partial charge in [0.25, 0.3) is 0 Å². The number of hydrogen-bond acceptors (Lipinski definition) is 3. The molecule has 1 aliphatic rings. The Kier molecular flexibility index (Phi) is 4.49. The minimum Gasteiger partial charge on any atom is -0.308 e. The molecule has 2 rings (SSSR count). The first-order valence-electron chi connectivity index (χ1n) is 5.43. The molecule has 0 atom stereocenters. The van der Waals surface area contributed by atoms with Gasteiger partial charge in [-0.2, -0.15) is 0 Å². The summed E-state index contributed by atoms with van der Waals surface area (Å²) in [6, 6.07) is 4.51. The van der Waals surface area contributed by atoms with Gasteiger partial charge in [0.15, 0.2) is 0 Å². The molecule has 0 aliphatic carbocycles. The van der Waals surface area contributed by atoms with Gasteiger partial charge in [-0.25, -0.2) is 0 Å². The van der Waals surface area contributed by atoms with E-state index in [1.54, 1.807) is 0 Å². The molecule has 1 fully saturated rings. The number of rotatable bonds is 3. The minimum atomic E-state index is -0.574. The Morgan fingerprint density at radius 2 is 2.19 bits per heavy atom. The fourth-order valence-corrected chi connectivity index (χ4v) is 3.29. The predicted molar refractivity (Wildman–Crippen MR) is 69.7 cm³/mol. The molecule has 0 radical (unpaired) electrons. The smallest absolute Gasteiger partial charge is 0.0542 e. The standard InChI is InChI=1S/C11H15BrN2OS/c12-9-1-2-11(13-7-9)8-14-10-3-5-16(15)6-4-10/h1-2,7,10,14H,3-6,8H2. The molecule has 0 bridgehead atoms. The molecule has 0 spiro atoms. The Bertz CT molecular complexity index is 359. The maximum absolute atomic E-state index is 11.2. The van der Waals surface area contributed by atoms with E-state index in [1.165, 1.54) is 0 Å². The molecular formula is C11H15BrN2OS. The molecule has 1 N–H and O–H groups in total. The van der Waals surface area contributed by atoms with E-state index < -0.39 is 10.8 Å². The molecule has 1 aliphatic heterocycles. The summed E-state index contributed by atoms with van der Waals surface area (Å²) in [5.41, 5.74) is 1.05. The number of hydrogen-bond donors (Lipinski definition) is 1. The van der Waals surface area contributed by atoms with E-state index in [4.69, 9.17) is 0 Å². The van der Waals surface area contributed by atoms with Gasteiger partial charge in [-0.15, -0.1) is 0 Å². The van der Waals surface area contributed by atoms with Crippen LogP contribution in [0, 0.1) is 0 Å². The first kappa shape index (κ1) is 12.2. The third-order valence-corrected chi connectivity index (χ3v) is 4.60. The fraction of sp³-hybridized carbons (Fsp3) is 0.545. The monoisotopic (exact) mass is 302 g/mol. The van der Waals surface area contributed by atoms with E-state index in [2.05, 4.69) is 26.2 Å². The second-order valence-corrected chi connectivity index (χ2v) is 6.58. The van der Waals surface area contributed by atoms with E-state index in [1.807, 2.05) is 18.3 Å². The first-order valence-corrected chi connectivity index (χ1v) is 7.71. The van der Waals surface area contributed by atoms with Gasteiger partial charge in [-0.3, -0.25) is 9.19 Å². The van der Waals surface area contributed by atoms with Gasteiger partial charge >= 0.3 is 0 Å². The van der Waals surface area contributed by atoms with E-state index >= 15 is 0 Å². The van der Waals surface area contributed by atoms with Crippen LogP contribution >= 0.6 is 15.9 Å². The van der Waals surface area contributed by atoms with Crippen LogP contribution in [-0.2, 0) is 17.3 Å². The van der Waals surface area contributed by atoms with Crippen LogP contribution in [0.5, 0.6) is 0 Å². The van der Waals surface area contributed by atoms with Crippen LogP contribution in [0.3, 0.4) is 0 Å². The van der Waals surface area contributed by atoms with E-state index in [0.29, 0.717) is 6.04 Å². The second-order valence-electron chi connectivity index (χ2n) is 3.97. The molecule has 1 saturated heterocycles. The lowest BCUT2D eigenvalue weighted by molar-refractivity contribution is 0.472. The molecule has 16 heavy (non-hydrogen) atoms. The average Bonchev–Trinajstić information content (AvgIpc) is 2.30. The van der Waals surface area contributed by atoms with Crippen molar-refractivity contribution >= 4 is 26.7 Å². The van der Waals surface area contributed by atoms with E-state index in [0.717, 1.165) is 41.1 Å². The number of halogens is 1. The average molecular weight is 303 g/mol. The molecule has 0 amide bonds. The topological polar surface area (TPSA) is 42.0 Å². The van der Waals surface area contributed by atoms with Crippen LogP contribution in [0.4, 0.5) is 0 Å². The molecule has 3 nitrogen and oxygen atoms in total. The molecule has 0 unspecified atom stereocenters. The highest BCUT2D eigenvalue weighted by Crippen LogP contribution is 2.11. The Hall–Kier alpha value is -0.260. The number of aromatic nitrogens is 1. The number of nitrogens with one attached hydrogen (secondary N) is 1. The van der Waals surface area contributed by atoms with E-state index in [9.17, 15) is 4.21 Å². The Morgan fingerprint density at radius 3 is 2.81 bits per heavy atom. The predicted octanol–water partition coefficient (Wildman–Crippen LogP) is 1.84. The fourth-order valence-electron chi connectivity index (χ4n) is 1.76. The third-order valence-electron chi connectivity index (χ3n) is 2.75. The normalized spacial score (nSPS) is 25.6. The zero-order valence-corrected chi connectivity index (χ0v) is 11.4. The van der Waals surface area contributed by atoms with Crippen molar-refractivity contribution in [3.63, 3.8) is 0 Å². The highest BCUT2D eigenvalue weighted by molar-refractivity contribution is 9.10. The van der Waals surface area contributed by atoms with Crippen LogP contribution in [0.25, 0.3) is 0 Å². The Labute approximate surface area is 107 Å². The number of nitrogens with zero attached hydrogens (tertiary/aromatic N) is 1. The van der Waals surface area contributed by atoms with Crippen molar-refractivity contribution in [2.75, 3.05) is 11.5 Å². The van der Waals surface area contributed by atoms with Gasteiger partial charge in [-0.05, 0) is 40.9 Å². The van der Waals surface area contributed by atoms with Gasteiger partial charge in [0, 0.05) is 45.6 Å². The maximum Gasteiger partial charge on any atom is 0.0542 e. The number of pyridine rings is 1. The van der Waals surface area contributed by atoms with Crippen molar-refractivity contribution in [1.82, 2.24) is 10.3 Å². The lowest BCUT2D eigenvalue weighted by Crippen LogP contribution is -2.35. The third kappa shape index (κ3) is 3.64. The van der Waals surface area contributed by atoms with Gasteiger partial charge in [0.2, 0.25) is 0 Å². The zero-order valence-electron chi connectivity index (χ0n) is 8.99. The molecule has 0 saturated carbocycles. The van der Waals surface area contributed by atoms with Crippen molar-refractivity contribution in [2.45, 2.75) is 25.4 Å². The lowest BCUT2D eigenvalue weighted by atomic mass is 10.1. The highest BCUT2D eigenvalue weighted by atomic mass is 79.9. The molecule has 1 aromatic heterocycles. The van der Waals surface area contributed by atoms with Gasteiger partial charge < -0.3 is 5.32 Å². The van der Waals surface area contributed by atoms with Gasteiger partial charge in [-0.1, -0.05) is 0 Å². The van der Waals surface area contributed by atoms with Crippen molar-refractivity contribution in [3.05, 3.63) is 28.5 Å². The second kappa shape index (κ2) is 5.89.